The van der Waals surface area contributed by atoms with Crippen LogP contribution in [-0.2, 0) is 6.54 Å². The summed E-state index contributed by atoms with van der Waals surface area (Å²) < 4.78 is 5.42. The van der Waals surface area contributed by atoms with Gasteiger partial charge in [-0.1, -0.05) is 6.07 Å². The molecule has 4 heteroatoms. The summed E-state index contributed by atoms with van der Waals surface area (Å²) in [5.41, 5.74) is 1.18. The van der Waals surface area contributed by atoms with Crippen molar-refractivity contribution in [1.29, 1.82) is 0 Å². The predicted molar refractivity (Wildman–Crippen MR) is 76.6 cm³/mol. The Labute approximate surface area is 115 Å². The van der Waals surface area contributed by atoms with E-state index in [1.54, 1.807) is 6.07 Å². The van der Waals surface area contributed by atoms with E-state index >= 15 is 0 Å². The Morgan fingerprint density at radius 2 is 2.32 bits per heavy atom. The van der Waals surface area contributed by atoms with Gasteiger partial charge < -0.3 is 15.2 Å². The Balaban J connectivity index is 1.99. The van der Waals surface area contributed by atoms with Crippen LogP contribution in [0.5, 0.6) is 11.5 Å². The van der Waals surface area contributed by atoms with Gasteiger partial charge in [0, 0.05) is 19.1 Å². The highest BCUT2D eigenvalue weighted by molar-refractivity contribution is 5.41. The van der Waals surface area contributed by atoms with E-state index in [1.807, 2.05) is 19.1 Å². The average molecular weight is 264 g/mol. The normalized spacial score (nSPS) is 19.6. The number of hydrogen-bond donors (Lipinski definition) is 2. The van der Waals surface area contributed by atoms with Gasteiger partial charge in [0.15, 0.2) is 11.5 Å². The first-order chi connectivity index (χ1) is 9.20. The maximum atomic E-state index is 9.70. The first kappa shape index (κ1) is 14.2. The number of ether oxygens (including phenoxy) is 1. The molecule has 1 aromatic carbocycles. The smallest absolute Gasteiger partial charge is 0.161 e. The lowest BCUT2D eigenvalue weighted by molar-refractivity contribution is 0.195. The van der Waals surface area contributed by atoms with Gasteiger partial charge in [-0.3, -0.25) is 4.90 Å². The van der Waals surface area contributed by atoms with Gasteiger partial charge in [0.05, 0.1) is 6.61 Å². The van der Waals surface area contributed by atoms with Gasteiger partial charge in [-0.15, -0.1) is 0 Å². The Kier molecular flexibility index (Phi) is 5.05. The van der Waals surface area contributed by atoms with Gasteiger partial charge in [0.25, 0.3) is 0 Å². The minimum Gasteiger partial charge on any atom is -0.504 e. The van der Waals surface area contributed by atoms with E-state index in [4.69, 9.17) is 4.74 Å². The van der Waals surface area contributed by atoms with Crippen molar-refractivity contribution in [2.24, 2.45) is 0 Å². The zero-order chi connectivity index (χ0) is 13.7. The maximum Gasteiger partial charge on any atom is 0.161 e. The van der Waals surface area contributed by atoms with Crippen LogP contribution < -0.4 is 10.1 Å². The van der Waals surface area contributed by atoms with Crippen LogP contribution in [-0.4, -0.2) is 42.8 Å². The Morgan fingerprint density at radius 3 is 3.00 bits per heavy atom. The third-order valence-corrected chi connectivity index (χ3v) is 3.65. The quantitative estimate of drug-likeness (QED) is 0.853. The highest BCUT2D eigenvalue weighted by atomic mass is 16.5. The van der Waals surface area contributed by atoms with E-state index in [-0.39, 0.29) is 5.75 Å². The van der Waals surface area contributed by atoms with Crippen LogP contribution in [0, 0.1) is 0 Å². The van der Waals surface area contributed by atoms with Crippen LogP contribution in [0.4, 0.5) is 0 Å². The number of nitrogens with one attached hydrogen (secondary N) is 1. The second-order valence-corrected chi connectivity index (χ2v) is 5.15. The van der Waals surface area contributed by atoms with Crippen molar-refractivity contribution >= 4 is 0 Å². The van der Waals surface area contributed by atoms with Gasteiger partial charge in [0.1, 0.15) is 0 Å². The first-order valence-corrected chi connectivity index (χ1v) is 7.06. The van der Waals surface area contributed by atoms with Crippen LogP contribution in [0.2, 0.25) is 0 Å². The summed E-state index contributed by atoms with van der Waals surface area (Å²) in [6.07, 6.45) is 2.49. The van der Waals surface area contributed by atoms with E-state index in [0.29, 0.717) is 18.4 Å². The SMILES string of the molecule is CCOc1cc(CN(C)C2CCCNC2)ccc1O. The molecule has 1 aromatic rings. The Hall–Kier alpha value is -1.26. The van der Waals surface area contributed by atoms with Gasteiger partial charge >= 0.3 is 0 Å². The van der Waals surface area contributed by atoms with Crippen molar-refractivity contribution < 1.29 is 9.84 Å². The third-order valence-electron chi connectivity index (χ3n) is 3.65. The van der Waals surface area contributed by atoms with Crippen molar-refractivity contribution in [3.8, 4) is 11.5 Å². The van der Waals surface area contributed by atoms with Crippen LogP contribution in [0.3, 0.4) is 0 Å². The number of aromatic hydroxyl groups is 1. The van der Waals surface area contributed by atoms with Crippen molar-refractivity contribution in [2.75, 3.05) is 26.7 Å². The molecule has 0 spiro atoms. The van der Waals surface area contributed by atoms with Crippen molar-refractivity contribution in [3.05, 3.63) is 23.8 Å². The molecule has 1 saturated heterocycles. The number of benzene rings is 1. The number of likely N-dealkylation sites (N-methyl/N-ethyl adjacent to an activating group) is 1. The number of phenolic OH excluding ortho intramolecular Hbond substituents is 1. The summed E-state index contributed by atoms with van der Waals surface area (Å²) in [5, 5.41) is 13.1. The van der Waals surface area contributed by atoms with E-state index in [1.165, 1.54) is 18.4 Å². The van der Waals surface area contributed by atoms with Gasteiger partial charge in [-0.2, -0.15) is 0 Å². The molecule has 1 unspecified atom stereocenters. The molecule has 1 fully saturated rings. The minimum atomic E-state index is 0.215. The third kappa shape index (κ3) is 3.85. The van der Waals surface area contributed by atoms with Crippen LogP contribution in [0.25, 0.3) is 0 Å². The fourth-order valence-electron chi connectivity index (χ4n) is 2.55. The van der Waals surface area contributed by atoms with E-state index in [0.717, 1.165) is 19.6 Å². The number of phenols is 1. The summed E-state index contributed by atoms with van der Waals surface area (Å²) in [4.78, 5) is 2.37. The Morgan fingerprint density at radius 1 is 1.47 bits per heavy atom. The zero-order valence-electron chi connectivity index (χ0n) is 11.9. The van der Waals surface area contributed by atoms with Gasteiger partial charge in [-0.25, -0.2) is 0 Å². The molecule has 0 aromatic heterocycles. The molecule has 1 heterocycles. The maximum absolute atomic E-state index is 9.70. The lowest BCUT2D eigenvalue weighted by Gasteiger charge is -2.31. The first-order valence-electron chi connectivity index (χ1n) is 7.06. The fraction of sp³-hybridized carbons (Fsp3) is 0.600. The molecule has 0 amide bonds. The van der Waals surface area contributed by atoms with Crippen LogP contribution in [0.1, 0.15) is 25.3 Å². The number of rotatable bonds is 5. The molecule has 0 saturated carbocycles. The monoisotopic (exact) mass is 264 g/mol. The molecule has 0 bridgehead atoms. The second-order valence-electron chi connectivity index (χ2n) is 5.15. The minimum absolute atomic E-state index is 0.215. The molecule has 1 aliphatic rings. The van der Waals surface area contributed by atoms with E-state index in [9.17, 15) is 5.11 Å². The number of nitrogens with zero attached hydrogens (tertiary/aromatic N) is 1. The average Bonchev–Trinajstić information content (AvgIpc) is 2.44. The standard InChI is InChI=1S/C15H24N2O2/c1-3-19-15-9-12(6-7-14(15)18)11-17(2)13-5-4-8-16-10-13/h6-7,9,13,16,18H,3-5,8,10-11H2,1-2H3. The molecule has 19 heavy (non-hydrogen) atoms. The highest BCUT2D eigenvalue weighted by Crippen LogP contribution is 2.27. The molecule has 106 valence electrons. The summed E-state index contributed by atoms with van der Waals surface area (Å²) in [6, 6.07) is 6.21. The lowest BCUT2D eigenvalue weighted by Crippen LogP contribution is -2.43. The van der Waals surface area contributed by atoms with Crippen LogP contribution >= 0.6 is 0 Å². The molecule has 4 nitrogen and oxygen atoms in total. The summed E-state index contributed by atoms with van der Waals surface area (Å²) >= 11 is 0. The predicted octanol–water partition coefficient (Wildman–Crippen LogP) is 1.97. The van der Waals surface area contributed by atoms with Crippen molar-refractivity contribution in [1.82, 2.24) is 10.2 Å². The number of hydrogen-bond acceptors (Lipinski definition) is 4. The fourth-order valence-corrected chi connectivity index (χ4v) is 2.55. The molecular formula is C15H24N2O2. The zero-order valence-corrected chi connectivity index (χ0v) is 11.9. The Bertz CT molecular complexity index is 403. The van der Waals surface area contributed by atoms with Gasteiger partial charge in [0.2, 0.25) is 0 Å². The van der Waals surface area contributed by atoms with Crippen LogP contribution in [0.15, 0.2) is 18.2 Å². The van der Waals surface area contributed by atoms with E-state index < -0.39 is 0 Å². The molecule has 1 aliphatic heterocycles. The highest BCUT2D eigenvalue weighted by Gasteiger charge is 2.18. The topological polar surface area (TPSA) is 44.7 Å². The molecular weight excluding hydrogens is 240 g/mol. The van der Waals surface area contributed by atoms with Crippen molar-refractivity contribution in [2.45, 2.75) is 32.4 Å². The van der Waals surface area contributed by atoms with Crippen molar-refractivity contribution in [3.63, 3.8) is 0 Å². The molecule has 2 N–H and O–H groups in total. The molecule has 0 radical (unpaired) electrons. The second kappa shape index (κ2) is 6.78. The molecule has 0 aliphatic carbocycles. The largest absolute Gasteiger partial charge is 0.504 e. The molecule has 1 atom stereocenters. The van der Waals surface area contributed by atoms with Gasteiger partial charge in [-0.05, 0) is 51.1 Å². The lowest BCUT2D eigenvalue weighted by atomic mass is 10.1. The summed E-state index contributed by atoms with van der Waals surface area (Å²) in [6.45, 7) is 5.57. The number of piperidine rings is 1. The summed E-state index contributed by atoms with van der Waals surface area (Å²) in [7, 11) is 2.16. The summed E-state index contributed by atoms with van der Waals surface area (Å²) in [5.74, 6) is 0.794. The van der Waals surface area contributed by atoms with E-state index in [2.05, 4.69) is 17.3 Å². The molecule has 2 rings (SSSR count).